The molecular formula is C18H18IN3O5. The van der Waals surface area contributed by atoms with Gasteiger partial charge in [0.25, 0.3) is 11.6 Å². The molecule has 2 aromatic rings. The Bertz CT molecular complexity index is 853. The minimum Gasteiger partial charge on any atom is -0.490 e. The first-order valence-electron chi connectivity index (χ1n) is 8.13. The van der Waals surface area contributed by atoms with Gasteiger partial charge in [0.15, 0.2) is 11.5 Å². The molecule has 2 aromatic carbocycles. The molecule has 0 aliphatic heterocycles. The summed E-state index contributed by atoms with van der Waals surface area (Å²) < 4.78 is 12.1. The van der Waals surface area contributed by atoms with Crippen LogP contribution in [0.2, 0.25) is 0 Å². The van der Waals surface area contributed by atoms with Crippen molar-refractivity contribution < 1.29 is 19.2 Å². The predicted molar refractivity (Wildman–Crippen MR) is 110 cm³/mol. The zero-order chi connectivity index (χ0) is 19.8. The van der Waals surface area contributed by atoms with E-state index in [1.807, 2.05) is 19.9 Å². The van der Waals surface area contributed by atoms with Crippen LogP contribution >= 0.6 is 22.6 Å². The molecule has 0 fully saturated rings. The molecule has 0 aliphatic rings. The zero-order valence-corrected chi connectivity index (χ0v) is 16.9. The topological polar surface area (TPSA) is 103 Å². The van der Waals surface area contributed by atoms with Crippen LogP contribution in [0.5, 0.6) is 11.5 Å². The fourth-order valence-electron chi connectivity index (χ4n) is 2.17. The van der Waals surface area contributed by atoms with Gasteiger partial charge in [0.05, 0.1) is 27.9 Å². The van der Waals surface area contributed by atoms with Gasteiger partial charge in [-0.25, -0.2) is 5.43 Å². The van der Waals surface area contributed by atoms with Gasteiger partial charge in [-0.15, -0.1) is 0 Å². The maximum absolute atomic E-state index is 12.1. The average molecular weight is 483 g/mol. The van der Waals surface area contributed by atoms with Gasteiger partial charge in [-0.3, -0.25) is 14.9 Å². The molecule has 0 aromatic heterocycles. The quantitative estimate of drug-likeness (QED) is 0.267. The number of benzene rings is 2. The monoisotopic (exact) mass is 483 g/mol. The minimum absolute atomic E-state index is 0.0810. The number of hydrazone groups is 1. The molecule has 2 rings (SSSR count). The molecule has 0 unspecified atom stereocenters. The number of nitro benzene ring substituents is 1. The summed E-state index contributed by atoms with van der Waals surface area (Å²) in [5, 5.41) is 14.6. The van der Waals surface area contributed by atoms with Crippen LogP contribution in [0, 0.1) is 13.7 Å². The fourth-order valence-corrected chi connectivity index (χ4v) is 2.96. The van der Waals surface area contributed by atoms with Gasteiger partial charge in [-0.05, 0) is 66.3 Å². The zero-order valence-electron chi connectivity index (χ0n) is 14.8. The summed E-state index contributed by atoms with van der Waals surface area (Å²) in [5.41, 5.74) is 3.32. The Labute approximate surface area is 169 Å². The maximum Gasteiger partial charge on any atom is 0.271 e. The summed E-state index contributed by atoms with van der Waals surface area (Å²) in [7, 11) is 0. The lowest BCUT2D eigenvalue weighted by molar-refractivity contribution is -0.384. The molecule has 0 heterocycles. The van der Waals surface area contributed by atoms with Crippen molar-refractivity contribution in [3.05, 3.63) is 61.2 Å². The molecule has 8 nitrogen and oxygen atoms in total. The van der Waals surface area contributed by atoms with Crippen LogP contribution in [-0.2, 0) is 0 Å². The Morgan fingerprint density at radius 3 is 2.48 bits per heavy atom. The average Bonchev–Trinajstić information content (AvgIpc) is 2.64. The Morgan fingerprint density at radius 2 is 1.89 bits per heavy atom. The van der Waals surface area contributed by atoms with Crippen molar-refractivity contribution in [1.82, 2.24) is 5.43 Å². The Balaban J connectivity index is 2.10. The van der Waals surface area contributed by atoms with Crippen LogP contribution in [0.1, 0.15) is 29.8 Å². The number of nitrogens with one attached hydrogen (secondary N) is 1. The second kappa shape index (κ2) is 9.86. The van der Waals surface area contributed by atoms with Crippen molar-refractivity contribution in [2.24, 2.45) is 5.10 Å². The smallest absolute Gasteiger partial charge is 0.271 e. The Morgan fingerprint density at radius 1 is 1.22 bits per heavy atom. The number of hydrogen-bond acceptors (Lipinski definition) is 6. The van der Waals surface area contributed by atoms with E-state index < -0.39 is 10.8 Å². The third kappa shape index (κ3) is 5.64. The van der Waals surface area contributed by atoms with E-state index in [0.29, 0.717) is 24.7 Å². The van der Waals surface area contributed by atoms with Gasteiger partial charge in [0, 0.05) is 17.7 Å². The highest BCUT2D eigenvalue weighted by Crippen LogP contribution is 2.33. The van der Waals surface area contributed by atoms with Crippen LogP contribution in [-0.4, -0.2) is 30.3 Å². The summed E-state index contributed by atoms with van der Waals surface area (Å²) in [6, 6.07) is 8.91. The number of amides is 1. The molecule has 0 aliphatic carbocycles. The first kappa shape index (κ1) is 20.6. The highest BCUT2D eigenvalue weighted by atomic mass is 127. The van der Waals surface area contributed by atoms with Crippen LogP contribution in [0.25, 0.3) is 0 Å². The van der Waals surface area contributed by atoms with Crippen molar-refractivity contribution in [3.63, 3.8) is 0 Å². The number of nitro groups is 1. The maximum atomic E-state index is 12.1. The van der Waals surface area contributed by atoms with Crippen LogP contribution in [0.15, 0.2) is 41.5 Å². The van der Waals surface area contributed by atoms with E-state index in [0.717, 1.165) is 9.13 Å². The second-order valence-corrected chi connectivity index (χ2v) is 6.36. The molecule has 0 saturated heterocycles. The lowest BCUT2D eigenvalue weighted by atomic mass is 10.2. The van der Waals surface area contributed by atoms with Crippen molar-refractivity contribution in [3.8, 4) is 11.5 Å². The summed E-state index contributed by atoms with van der Waals surface area (Å²) in [6.07, 6.45) is 1.49. The van der Waals surface area contributed by atoms with Crippen LogP contribution in [0.4, 0.5) is 5.69 Å². The van der Waals surface area contributed by atoms with E-state index in [1.165, 1.54) is 30.5 Å². The highest BCUT2D eigenvalue weighted by Gasteiger charge is 2.12. The summed E-state index contributed by atoms with van der Waals surface area (Å²) in [6.45, 7) is 4.80. The lowest BCUT2D eigenvalue weighted by Crippen LogP contribution is -2.17. The van der Waals surface area contributed by atoms with E-state index in [-0.39, 0.29) is 11.3 Å². The van der Waals surface area contributed by atoms with E-state index >= 15 is 0 Å². The molecule has 0 spiro atoms. The number of halogens is 1. The molecule has 0 radical (unpaired) electrons. The Hall–Kier alpha value is -2.69. The number of nitrogens with zero attached hydrogens (tertiary/aromatic N) is 2. The van der Waals surface area contributed by atoms with E-state index in [1.54, 1.807) is 6.07 Å². The van der Waals surface area contributed by atoms with Gasteiger partial charge in [0.2, 0.25) is 0 Å². The molecule has 1 amide bonds. The van der Waals surface area contributed by atoms with Gasteiger partial charge in [0.1, 0.15) is 0 Å². The number of carbonyl (C=O) groups excluding carboxylic acids is 1. The van der Waals surface area contributed by atoms with Crippen molar-refractivity contribution >= 4 is 40.4 Å². The molecule has 142 valence electrons. The normalized spacial score (nSPS) is 10.6. The third-order valence-corrected chi connectivity index (χ3v) is 4.14. The molecular weight excluding hydrogens is 465 g/mol. The first-order valence-corrected chi connectivity index (χ1v) is 9.21. The minimum atomic E-state index is -0.524. The van der Waals surface area contributed by atoms with Crippen LogP contribution in [0.3, 0.4) is 0 Å². The lowest BCUT2D eigenvalue weighted by Gasteiger charge is -2.13. The largest absolute Gasteiger partial charge is 0.490 e. The number of rotatable bonds is 8. The highest BCUT2D eigenvalue weighted by molar-refractivity contribution is 14.1. The van der Waals surface area contributed by atoms with Crippen molar-refractivity contribution in [2.75, 3.05) is 13.2 Å². The summed E-state index contributed by atoms with van der Waals surface area (Å²) in [4.78, 5) is 22.2. The predicted octanol–water partition coefficient (Wildman–Crippen LogP) is 3.76. The number of non-ortho nitro benzene ring substituents is 1. The van der Waals surface area contributed by atoms with Gasteiger partial charge >= 0.3 is 0 Å². The van der Waals surface area contributed by atoms with Gasteiger partial charge in [-0.2, -0.15) is 5.10 Å². The van der Waals surface area contributed by atoms with E-state index in [9.17, 15) is 14.9 Å². The standard InChI is InChI=1S/C18H18IN3O5/c1-3-26-16-10-12(9-15(19)17(16)27-4-2)11-20-21-18(23)13-5-7-14(8-6-13)22(24)25/h5-11H,3-4H2,1-2H3,(H,21,23)/b20-11+. The van der Waals surface area contributed by atoms with Crippen LogP contribution < -0.4 is 14.9 Å². The number of hydrogen-bond donors (Lipinski definition) is 1. The number of ether oxygens (including phenoxy) is 2. The van der Waals surface area contributed by atoms with E-state index in [2.05, 4.69) is 33.1 Å². The third-order valence-electron chi connectivity index (χ3n) is 3.34. The van der Waals surface area contributed by atoms with Crippen molar-refractivity contribution in [2.45, 2.75) is 13.8 Å². The molecule has 0 atom stereocenters. The van der Waals surface area contributed by atoms with Gasteiger partial charge < -0.3 is 9.47 Å². The van der Waals surface area contributed by atoms with Gasteiger partial charge in [-0.1, -0.05) is 0 Å². The molecule has 0 bridgehead atoms. The Kier molecular flexibility index (Phi) is 7.53. The second-order valence-electron chi connectivity index (χ2n) is 5.20. The van der Waals surface area contributed by atoms with Crippen molar-refractivity contribution in [1.29, 1.82) is 0 Å². The molecule has 1 N–H and O–H groups in total. The van der Waals surface area contributed by atoms with E-state index in [4.69, 9.17) is 9.47 Å². The summed E-state index contributed by atoms with van der Waals surface area (Å²) >= 11 is 2.15. The molecule has 27 heavy (non-hydrogen) atoms. The summed E-state index contributed by atoms with van der Waals surface area (Å²) in [5.74, 6) is 0.813. The molecule has 0 saturated carbocycles. The number of carbonyl (C=O) groups is 1. The molecule has 9 heteroatoms. The first-order chi connectivity index (χ1) is 13.0. The SMILES string of the molecule is CCOc1cc(/C=N/NC(=O)c2ccc([N+](=O)[O-])cc2)cc(I)c1OCC. The fraction of sp³-hybridized carbons (Fsp3) is 0.222.